The SMILES string of the molecule is Cn1cccc(CN2CCCC(c3ccn(CCO)n3)C2)c1=O. The lowest BCUT2D eigenvalue weighted by Gasteiger charge is -2.31. The zero-order valence-electron chi connectivity index (χ0n) is 13.6. The molecule has 3 rings (SSSR count). The van der Waals surface area contributed by atoms with Gasteiger partial charge < -0.3 is 9.67 Å². The summed E-state index contributed by atoms with van der Waals surface area (Å²) >= 11 is 0. The molecule has 1 aliphatic rings. The van der Waals surface area contributed by atoms with E-state index in [1.807, 2.05) is 24.4 Å². The van der Waals surface area contributed by atoms with Crippen molar-refractivity contribution in [1.29, 1.82) is 0 Å². The molecule has 0 radical (unpaired) electrons. The highest BCUT2D eigenvalue weighted by molar-refractivity contribution is 5.12. The monoisotopic (exact) mass is 316 g/mol. The second-order valence-corrected chi connectivity index (χ2v) is 6.25. The molecule has 1 aliphatic heterocycles. The number of rotatable bonds is 5. The molecule has 2 aromatic heterocycles. The molecule has 1 fully saturated rings. The van der Waals surface area contributed by atoms with Crippen molar-refractivity contribution in [2.24, 2.45) is 7.05 Å². The Labute approximate surface area is 136 Å². The number of pyridine rings is 1. The first-order chi connectivity index (χ1) is 11.2. The van der Waals surface area contributed by atoms with E-state index in [9.17, 15) is 4.79 Å². The quantitative estimate of drug-likeness (QED) is 0.892. The van der Waals surface area contributed by atoms with E-state index in [1.54, 1.807) is 22.5 Å². The number of aromatic nitrogens is 3. The molecule has 0 spiro atoms. The van der Waals surface area contributed by atoms with Gasteiger partial charge in [0.25, 0.3) is 5.56 Å². The van der Waals surface area contributed by atoms with Gasteiger partial charge in [-0.3, -0.25) is 14.4 Å². The largest absolute Gasteiger partial charge is 0.394 e. The van der Waals surface area contributed by atoms with Crippen molar-refractivity contribution in [3.63, 3.8) is 0 Å². The summed E-state index contributed by atoms with van der Waals surface area (Å²) in [7, 11) is 1.79. The van der Waals surface area contributed by atoms with Gasteiger partial charge in [-0.15, -0.1) is 0 Å². The first-order valence-corrected chi connectivity index (χ1v) is 8.18. The number of hydrogen-bond donors (Lipinski definition) is 1. The number of piperidine rings is 1. The number of aliphatic hydroxyl groups excluding tert-OH is 1. The number of aryl methyl sites for hydroxylation is 1. The highest BCUT2D eigenvalue weighted by Crippen LogP contribution is 2.26. The highest BCUT2D eigenvalue weighted by atomic mass is 16.3. The molecule has 0 bridgehead atoms. The van der Waals surface area contributed by atoms with Crippen molar-refractivity contribution in [3.05, 3.63) is 52.2 Å². The fourth-order valence-electron chi connectivity index (χ4n) is 3.28. The van der Waals surface area contributed by atoms with Gasteiger partial charge in [-0.1, -0.05) is 6.07 Å². The fourth-order valence-corrected chi connectivity index (χ4v) is 3.28. The summed E-state index contributed by atoms with van der Waals surface area (Å²) in [6.45, 7) is 3.28. The Kier molecular flexibility index (Phi) is 4.93. The topological polar surface area (TPSA) is 63.3 Å². The van der Waals surface area contributed by atoms with Gasteiger partial charge in [0, 0.05) is 44.0 Å². The van der Waals surface area contributed by atoms with Gasteiger partial charge in [-0.25, -0.2) is 0 Å². The standard InChI is InChI=1S/C17H24N4O2/c1-19-7-2-5-15(17(19)23)13-20-8-3-4-14(12-20)16-6-9-21(18-16)10-11-22/h2,5-7,9,14,22H,3-4,8,10-13H2,1H3. The van der Waals surface area contributed by atoms with Crippen LogP contribution in [0.25, 0.3) is 0 Å². The van der Waals surface area contributed by atoms with Crippen LogP contribution in [-0.2, 0) is 20.1 Å². The summed E-state index contributed by atoms with van der Waals surface area (Å²) in [4.78, 5) is 14.5. The molecule has 0 amide bonds. The van der Waals surface area contributed by atoms with E-state index in [1.165, 1.54) is 0 Å². The molecule has 23 heavy (non-hydrogen) atoms. The molecule has 3 heterocycles. The van der Waals surface area contributed by atoms with E-state index in [0.29, 0.717) is 19.0 Å². The molecule has 1 N–H and O–H groups in total. The zero-order chi connectivity index (χ0) is 16.2. The van der Waals surface area contributed by atoms with Gasteiger partial charge in [0.2, 0.25) is 0 Å². The fraction of sp³-hybridized carbons (Fsp3) is 0.529. The van der Waals surface area contributed by atoms with Gasteiger partial charge in [0.05, 0.1) is 18.8 Å². The molecule has 124 valence electrons. The molecular weight excluding hydrogens is 292 g/mol. The third kappa shape index (κ3) is 3.71. The first kappa shape index (κ1) is 16.0. The minimum absolute atomic E-state index is 0.0850. The van der Waals surface area contributed by atoms with E-state index in [0.717, 1.165) is 37.2 Å². The number of likely N-dealkylation sites (tertiary alicyclic amines) is 1. The van der Waals surface area contributed by atoms with Gasteiger partial charge >= 0.3 is 0 Å². The Morgan fingerprint density at radius 1 is 1.35 bits per heavy atom. The Bertz CT molecular complexity index is 707. The average molecular weight is 316 g/mol. The van der Waals surface area contributed by atoms with Crippen molar-refractivity contribution < 1.29 is 5.11 Å². The molecule has 1 saturated heterocycles. The van der Waals surface area contributed by atoms with Gasteiger partial charge in [-0.05, 0) is 31.5 Å². The first-order valence-electron chi connectivity index (χ1n) is 8.18. The average Bonchev–Trinajstić information content (AvgIpc) is 3.01. The summed E-state index contributed by atoms with van der Waals surface area (Å²) in [5.74, 6) is 0.399. The maximum absolute atomic E-state index is 12.2. The lowest BCUT2D eigenvalue weighted by Crippen LogP contribution is -2.36. The molecular formula is C17H24N4O2. The van der Waals surface area contributed by atoms with Crippen LogP contribution in [0.1, 0.15) is 30.0 Å². The maximum atomic E-state index is 12.2. The summed E-state index contributed by atoms with van der Waals surface area (Å²) in [5.41, 5.74) is 2.02. The molecule has 0 aliphatic carbocycles. The van der Waals surface area contributed by atoms with E-state index >= 15 is 0 Å². The van der Waals surface area contributed by atoms with E-state index < -0.39 is 0 Å². The number of aliphatic hydroxyl groups is 1. The lowest BCUT2D eigenvalue weighted by molar-refractivity contribution is 0.196. The Balaban J connectivity index is 1.68. The predicted octanol–water partition coefficient (Wildman–Crippen LogP) is 0.954. The lowest BCUT2D eigenvalue weighted by atomic mass is 9.94. The summed E-state index contributed by atoms with van der Waals surface area (Å²) < 4.78 is 3.43. The van der Waals surface area contributed by atoms with Gasteiger partial charge in [0.15, 0.2) is 0 Å². The number of nitrogens with zero attached hydrogens (tertiary/aromatic N) is 4. The second kappa shape index (κ2) is 7.10. The zero-order valence-corrected chi connectivity index (χ0v) is 13.6. The molecule has 6 heteroatoms. The van der Waals surface area contributed by atoms with Crippen LogP contribution in [0.3, 0.4) is 0 Å². The van der Waals surface area contributed by atoms with Crippen molar-refractivity contribution in [1.82, 2.24) is 19.2 Å². The van der Waals surface area contributed by atoms with E-state index in [-0.39, 0.29) is 12.2 Å². The Morgan fingerprint density at radius 2 is 2.22 bits per heavy atom. The molecule has 1 atom stereocenters. The van der Waals surface area contributed by atoms with Crippen molar-refractivity contribution in [2.75, 3.05) is 19.7 Å². The van der Waals surface area contributed by atoms with Crippen LogP contribution >= 0.6 is 0 Å². The smallest absolute Gasteiger partial charge is 0.254 e. The van der Waals surface area contributed by atoms with Crippen molar-refractivity contribution in [2.45, 2.75) is 31.8 Å². The molecule has 2 aromatic rings. The van der Waals surface area contributed by atoms with E-state index in [4.69, 9.17) is 5.11 Å². The maximum Gasteiger partial charge on any atom is 0.254 e. The minimum Gasteiger partial charge on any atom is -0.394 e. The van der Waals surface area contributed by atoms with E-state index in [2.05, 4.69) is 10.00 Å². The Morgan fingerprint density at radius 3 is 3.04 bits per heavy atom. The molecule has 6 nitrogen and oxygen atoms in total. The molecule has 0 saturated carbocycles. The van der Waals surface area contributed by atoms with Crippen molar-refractivity contribution in [3.8, 4) is 0 Å². The van der Waals surface area contributed by atoms with Gasteiger partial charge in [0.1, 0.15) is 0 Å². The minimum atomic E-state index is 0.0850. The van der Waals surface area contributed by atoms with Crippen LogP contribution in [0.15, 0.2) is 35.4 Å². The third-order valence-corrected chi connectivity index (χ3v) is 4.51. The molecule has 0 aromatic carbocycles. The third-order valence-electron chi connectivity index (χ3n) is 4.51. The Hall–Kier alpha value is -1.92. The normalized spacial score (nSPS) is 19.1. The predicted molar refractivity (Wildman–Crippen MR) is 88.2 cm³/mol. The van der Waals surface area contributed by atoms with Crippen LogP contribution in [-0.4, -0.2) is 44.1 Å². The number of hydrogen-bond acceptors (Lipinski definition) is 4. The second-order valence-electron chi connectivity index (χ2n) is 6.25. The summed E-state index contributed by atoms with van der Waals surface area (Å²) in [5, 5.41) is 13.6. The van der Waals surface area contributed by atoms with Crippen LogP contribution in [0.4, 0.5) is 0 Å². The van der Waals surface area contributed by atoms with Crippen molar-refractivity contribution >= 4 is 0 Å². The van der Waals surface area contributed by atoms with Crippen LogP contribution in [0.2, 0.25) is 0 Å². The van der Waals surface area contributed by atoms with Gasteiger partial charge in [-0.2, -0.15) is 5.10 Å². The summed E-state index contributed by atoms with van der Waals surface area (Å²) in [6.07, 6.45) is 5.96. The summed E-state index contributed by atoms with van der Waals surface area (Å²) in [6, 6.07) is 5.89. The van der Waals surface area contributed by atoms with Crippen LogP contribution < -0.4 is 5.56 Å². The van der Waals surface area contributed by atoms with Crippen LogP contribution in [0.5, 0.6) is 0 Å². The molecule has 1 unspecified atom stereocenters. The highest BCUT2D eigenvalue weighted by Gasteiger charge is 2.23. The van der Waals surface area contributed by atoms with Crippen LogP contribution in [0, 0.1) is 0 Å².